The zero-order valence-corrected chi connectivity index (χ0v) is 11.3. The molecule has 0 saturated carbocycles. The predicted molar refractivity (Wildman–Crippen MR) is 76.1 cm³/mol. The number of hydrogen-bond acceptors (Lipinski definition) is 5. The molecule has 0 saturated heterocycles. The summed E-state index contributed by atoms with van der Waals surface area (Å²) in [4.78, 5) is 5.37. The first-order chi connectivity index (χ1) is 9.31. The third-order valence-corrected chi connectivity index (χ3v) is 3.57. The number of thiophene rings is 1. The summed E-state index contributed by atoms with van der Waals surface area (Å²) in [5, 5.41) is 9.22. The van der Waals surface area contributed by atoms with E-state index < -0.39 is 0 Å². The van der Waals surface area contributed by atoms with E-state index >= 15 is 0 Å². The maximum atomic E-state index is 5.22. The first-order valence-corrected chi connectivity index (χ1v) is 6.86. The van der Waals surface area contributed by atoms with Crippen LogP contribution in [0.4, 0.5) is 5.69 Å². The van der Waals surface area contributed by atoms with E-state index in [1.165, 1.54) is 5.56 Å². The summed E-state index contributed by atoms with van der Waals surface area (Å²) in [6, 6.07) is 12.1. The normalized spacial score (nSPS) is 10.6. The molecule has 0 radical (unpaired) electrons. The Hall–Kier alpha value is -2.14. The highest BCUT2D eigenvalue weighted by molar-refractivity contribution is 7.13. The molecule has 1 aromatic carbocycles. The molecule has 0 amide bonds. The lowest BCUT2D eigenvalue weighted by Crippen LogP contribution is -1.99. The van der Waals surface area contributed by atoms with E-state index in [1.807, 2.05) is 29.6 Å². The van der Waals surface area contributed by atoms with E-state index in [9.17, 15) is 0 Å². The fraction of sp³-hybridized carbons (Fsp3) is 0.143. The first-order valence-electron chi connectivity index (χ1n) is 5.98. The van der Waals surface area contributed by atoms with E-state index in [-0.39, 0.29) is 0 Å². The molecule has 19 heavy (non-hydrogen) atoms. The van der Waals surface area contributed by atoms with Crippen LogP contribution in [0.15, 0.2) is 46.3 Å². The minimum absolute atomic E-state index is 0.529. The summed E-state index contributed by atoms with van der Waals surface area (Å²) < 4.78 is 5.22. The summed E-state index contributed by atoms with van der Waals surface area (Å²) in [5.41, 5.74) is 2.28. The lowest BCUT2D eigenvalue weighted by atomic mass is 10.2. The van der Waals surface area contributed by atoms with Crippen LogP contribution in [0, 0.1) is 6.92 Å². The van der Waals surface area contributed by atoms with Gasteiger partial charge in [-0.2, -0.15) is 4.98 Å². The third-order valence-electron chi connectivity index (χ3n) is 2.70. The summed E-state index contributed by atoms with van der Waals surface area (Å²) in [6.45, 7) is 2.59. The molecule has 0 unspecified atom stereocenters. The molecule has 3 aromatic rings. The number of anilines is 1. The average molecular weight is 271 g/mol. The van der Waals surface area contributed by atoms with Gasteiger partial charge < -0.3 is 9.84 Å². The van der Waals surface area contributed by atoms with Gasteiger partial charge in [-0.3, -0.25) is 0 Å². The summed E-state index contributed by atoms with van der Waals surface area (Å²) in [5.74, 6) is 1.24. The van der Waals surface area contributed by atoms with Crippen molar-refractivity contribution in [2.45, 2.75) is 13.5 Å². The van der Waals surface area contributed by atoms with Crippen LogP contribution in [0.3, 0.4) is 0 Å². The highest BCUT2D eigenvalue weighted by Gasteiger charge is 2.08. The van der Waals surface area contributed by atoms with Gasteiger partial charge in [-0.05, 0) is 30.5 Å². The second-order valence-corrected chi connectivity index (χ2v) is 5.16. The van der Waals surface area contributed by atoms with Crippen LogP contribution in [0.1, 0.15) is 11.5 Å². The van der Waals surface area contributed by atoms with Crippen LogP contribution in [0.2, 0.25) is 0 Å². The average Bonchev–Trinajstić information content (AvgIpc) is 3.09. The fourth-order valence-electron chi connectivity index (χ4n) is 1.68. The Kier molecular flexibility index (Phi) is 3.29. The largest absolute Gasteiger partial charge is 0.376 e. The van der Waals surface area contributed by atoms with Crippen LogP contribution in [0.5, 0.6) is 0 Å². The Balaban J connectivity index is 1.66. The van der Waals surface area contributed by atoms with Gasteiger partial charge in [0.2, 0.25) is 11.7 Å². The van der Waals surface area contributed by atoms with Crippen molar-refractivity contribution in [2.24, 2.45) is 0 Å². The van der Waals surface area contributed by atoms with Crippen LogP contribution in [-0.2, 0) is 6.54 Å². The predicted octanol–water partition coefficient (Wildman–Crippen LogP) is 3.72. The van der Waals surface area contributed by atoms with Crippen molar-refractivity contribution in [3.63, 3.8) is 0 Å². The molecule has 1 N–H and O–H groups in total. The number of aryl methyl sites for hydroxylation is 1. The van der Waals surface area contributed by atoms with Crippen molar-refractivity contribution in [1.29, 1.82) is 0 Å². The molecule has 5 heteroatoms. The van der Waals surface area contributed by atoms with Crippen molar-refractivity contribution < 1.29 is 4.52 Å². The Morgan fingerprint density at radius 2 is 2.05 bits per heavy atom. The van der Waals surface area contributed by atoms with Gasteiger partial charge in [-0.1, -0.05) is 28.9 Å². The van der Waals surface area contributed by atoms with E-state index in [0.717, 1.165) is 10.6 Å². The van der Waals surface area contributed by atoms with E-state index in [1.54, 1.807) is 11.3 Å². The molecular formula is C14H13N3OS. The summed E-state index contributed by atoms with van der Waals surface area (Å²) >= 11 is 1.60. The molecular weight excluding hydrogens is 258 g/mol. The van der Waals surface area contributed by atoms with Crippen molar-refractivity contribution >= 4 is 17.0 Å². The zero-order valence-electron chi connectivity index (χ0n) is 10.5. The van der Waals surface area contributed by atoms with Gasteiger partial charge in [0.1, 0.15) is 0 Å². The summed E-state index contributed by atoms with van der Waals surface area (Å²) in [6.07, 6.45) is 0. The third kappa shape index (κ3) is 2.82. The standard InChI is InChI=1S/C14H13N3OS/c1-10-4-6-11(7-5-10)15-9-13-16-14(17-18-13)12-3-2-8-19-12/h2-8,15H,9H2,1H3. The number of aromatic nitrogens is 2. The minimum atomic E-state index is 0.529. The van der Waals surface area contributed by atoms with E-state index in [0.29, 0.717) is 18.3 Å². The first kappa shape index (κ1) is 11.9. The van der Waals surface area contributed by atoms with Gasteiger partial charge >= 0.3 is 0 Å². The van der Waals surface area contributed by atoms with Crippen LogP contribution < -0.4 is 5.32 Å². The highest BCUT2D eigenvalue weighted by Crippen LogP contribution is 2.21. The van der Waals surface area contributed by atoms with Gasteiger partial charge in [-0.15, -0.1) is 11.3 Å². The van der Waals surface area contributed by atoms with Gasteiger partial charge in [0.15, 0.2) is 0 Å². The quantitative estimate of drug-likeness (QED) is 0.785. The highest BCUT2D eigenvalue weighted by atomic mass is 32.1. The molecule has 0 bridgehead atoms. The number of benzene rings is 1. The Labute approximate surface area is 115 Å². The van der Waals surface area contributed by atoms with Crippen molar-refractivity contribution in [1.82, 2.24) is 10.1 Å². The van der Waals surface area contributed by atoms with Gasteiger partial charge in [0.25, 0.3) is 0 Å². The SMILES string of the molecule is Cc1ccc(NCc2nc(-c3cccs3)no2)cc1. The minimum Gasteiger partial charge on any atom is -0.376 e. The lowest BCUT2D eigenvalue weighted by Gasteiger charge is -2.02. The van der Waals surface area contributed by atoms with E-state index in [4.69, 9.17) is 4.52 Å². The lowest BCUT2D eigenvalue weighted by molar-refractivity contribution is 0.384. The number of hydrogen-bond donors (Lipinski definition) is 1. The van der Waals surface area contributed by atoms with Gasteiger partial charge in [-0.25, -0.2) is 0 Å². The molecule has 2 heterocycles. The molecule has 0 atom stereocenters. The van der Waals surface area contributed by atoms with Crippen LogP contribution in [-0.4, -0.2) is 10.1 Å². The summed E-state index contributed by atoms with van der Waals surface area (Å²) in [7, 11) is 0. The van der Waals surface area contributed by atoms with Crippen LogP contribution in [0.25, 0.3) is 10.7 Å². The molecule has 96 valence electrons. The molecule has 0 aliphatic rings. The molecule has 0 fully saturated rings. The Morgan fingerprint density at radius 1 is 1.21 bits per heavy atom. The second kappa shape index (κ2) is 5.24. The number of nitrogens with one attached hydrogen (secondary N) is 1. The molecule has 0 spiro atoms. The maximum Gasteiger partial charge on any atom is 0.246 e. The molecule has 0 aliphatic carbocycles. The molecule has 2 aromatic heterocycles. The van der Waals surface area contributed by atoms with Crippen molar-refractivity contribution in [3.05, 3.63) is 53.2 Å². The van der Waals surface area contributed by atoms with Crippen molar-refractivity contribution in [3.8, 4) is 10.7 Å². The molecule has 0 aliphatic heterocycles. The molecule has 3 rings (SSSR count). The second-order valence-electron chi connectivity index (χ2n) is 4.21. The van der Waals surface area contributed by atoms with E-state index in [2.05, 4.69) is 34.5 Å². The topological polar surface area (TPSA) is 51.0 Å². The Bertz CT molecular complexity index is 644. The van der Waals surface area contributed by atoms with Crippen molar-refractivity contribution in [2.75, 3.05) is 5.32 Å². The Morgan fingerprint density at radius 3 is 2.79 bits per heavy atom. The number of rotatable bonds is 4. The molecule has 4 nitrogen and oxygen atoms in total. The maximum absolute atomic E-state index is 5.22. The van der Waals surface area contributed by atoms with Crippen LogP contribution >= 0.6 is 11.3 Å². The smallest absolute Gasteiger partial charge is 0.246 e. The zero-order chi connectivity index (χ0) is 13.1. The fourth-order valence-corrected chi connectivity index (χ4v) is 2.33. The van der Waals surface area contributed by atoms with Gasteiger partial charge in [0, 0.05) is 5.69 Å². The van der Waals surface area contributed by atoms with Gasteiger partial charge in [0.05, 0.1) is 11.4 Å². The monoisotopic (exact) mass is 271 g/mol. The number of nitrogens with zero attached hydrogens (tertiary/aromatic N) is 2.